The van der Waals surface area contributed by atoms with Crippen molar-refractivity contribution in [3.8, 4) is 5.75 Å². The van der Waals surface area contributed by atoms with Crippen LogP contribution in [0.4, 0.5) is 14.5 Å². The van der Waals surface area contributed by atoms with Crippen molar-refractivity contribution in [2.45, 2.75) is 131 Å². The van der Waals surface area contributed by atoms with E-state index in [2.05, 4.69) is 33.5 Å². The van der Waals surface area contributed by atoms with Crippen LogP contribution in [0.25, 0.3) is 10.9 Å². The average Bonchev–Trinajstić information content (AvgIpc) is 3.23. The molecule has 0 spiro atoms. The number of sulfone groups is 1. The van der Waals surface area contributed by atoms with E-state index in [4.69, 9.17) is 4.74 Å². The molecule has 0 radical (unpaired) electrons. The molecule has 3 aliphatic rings. The normalized spacial score (nSPS) is 19.1. The molecule has 3 aliphatic heterocycles. The third kappa shape index (κ3) is 11.0. The second-order valence-corrected chi connectivity index (χ2v) is 19.5. The van der Waals surface area contributed by atoms with Crippen molar-refractivity contribution in [2.24, 2.45) is 0 Å². The number of unbranched alkanes of at least 4 members (excludes halogenated alkanes) is 9. The van der Waals surface area contributed by atoms with Gasteiger partial charge in [0.2, 0.25) is 15.7 Å². The lowest BCUT2D eigenvalue weighted by molar-refractivity contribution is 0.0449. The summed E-state index contributed by atoms with van der Waals surface area (Å²) in [7, 11) is -4.58. The van der Waals surface area contributed by atoms with Crippen LogP contribution < -0.4 is 9.64 Å². The molecule has 2 aromatic carbocycles. The number of aromatic nitrogens is 1. The van der Waals surface area contributed by atoms with Crippen molar-refractivity contribution < 1.29 is 26.5 Å². The zero-order valence-electron chi connectivity index (χ0n) is 34.5. The summed E-state index contributed by atoms with van der Waals surface area (Å²) in [5, 5.41) is 0.531. The van der Waals surface area contributed by atoms with Crippen LogP contribution in [0.5, 0.6) is 5.75 Å². The minimum atomic E-state index is -4.58. The Labute approximate surface area is 343 Å². The maximum Gasteiger partial charge on any atom is 0.213 e. The van der Waals surface area contributed by atoms with E-state index < -0.39 is 37.5 Å². The van der Waals surface area contributed by atoms with Gasteiger partial charge in [0.25, 0.3) is 0 Å². The molecule has 0 aliphatic carbocycles. The van der Waals surface area contributed by atoms with E-state index >= 15 is 8.78 Å². The van der Waals surface area contributed by atoms with Gasteiger partial charge in [0.05, 0.1) is 17.8 Å². The predicted octanol–water partition coefficient (Wildman–Crippen LogP) is 8.45. The van der Waals surface area contributed by atoms with E-state index in [1.807, 2.05) is 4.90 Å². The molecule has 3 saturated heterocycles. The molecular weight excluding hydrogens is 765 g/mol. The van der Waals surface area contributed by atoms with Gasteiger partial charge in [0, 0.05) is 69.0 Å². The van der Waals surface area contributed by atoms with E-state index in [0.717, 1.165) is 96.8 Å². The Morgan fingerprint density at radius 2 is 1.35 bits per heavy atom. The van der Waals surface area contributed by atoms with Crippen LogP contribution >= 0.6 is 0 Å². The molecule has 1 atom stereocenters. The number of pyridine rings is 1. The van der Waals surface area contributed by atoms with Gasteiger partial charge in [-0.3, -0.25) is 9.88 Å². The SMILES string of the molecule is CCCCCCCCCCCCOc1ccc(S(=O)(=O)c2cnc3ccc([S@@+](C)[O-])cc3c2N2CCC(N3CCC(N4CCN(CC)CC4)CC3)CC2)c(F)c1F. The Balaban J connectivity index is 1.13. The van der Waals surface area contributed by atoms with E-state index in [1.165, 1.54) is 50.8 Å². The second kappa shape index (κ2) is 21.1. The molecule has 4 heterocycles. The fraction of sp³-hybridized carbons (Fsp3) is 0.659. The Hall–Kier alpha value is -2.55. The number of hydrogen-bond donors (Lipinski definition) is 0. The molecule has 0 unspecified atom stereocenters. The first kappa shape index (κ1) is 44.0. The van der Waals surface area contributed by atoms with Crippen molar-refractivity contribution in [1.29, 1.82) is 0 Å². The van der Waals surface area contributed by atoms with Crippen LogP contribution in [0.2, 0.25) is 0 Å². The lowest BCUT2D eigenvalue weighted by atomic mass is 9.96. The zero-order chi connectivity index (χ0) is 40.4. The van der Waals surface area contributed by atoms with E-state index in [1.54, 1.807) is 24.5 Å². The topological polar surface area (TPSA) is 92.3 Å². The number of rotatable bonds is 19. The number of anilines is 1. The monoisotopic (exact) mass is 829 g/mol. The molecular formula is C44H65F2N5O4S2. The van der Waals surface area contributed by atoms with Crippen LogP contribution in [0.15, 0.2) is 51.2 Å². The molecule has 13 heteroatoms. The summed E-state index contributed by atoms with van der Waals surface area (Å²) in [6.45, 7) is 13.7. The zero-order valence-corrected chi connectivity index (χ0v) is 36.2. The van der Waals surface area contributed by atoms with Gasteiger partial charge in [0.1, 0.15) is 16.0 Å². The van der Waals surface area contributed by atoms with Gasteiger partial charge < -0.3 is 24.0 Å². The summed E-state index contributed by atoms with van der Waals surface area (Å²) in [6.07, 6.45) is 18.3. The minimum Gasteiger partial charge on any atom is -0.612 e. The third-order valence-electron chi connectivity index (χ3n) is 12.6. The van der Waals surface area contributed by atoms with Crippen molar-refractivity contribution in [3.63, 3.8) is 0 Å². The first-order valence-corrected chi connectivity index (χ1v) is 24.7. The van der Waals surface area contributed by atoms with Crippen molar-refractivity contribution in [2.75, 3.05) is 76.7 Å². The number of fused-ring (bicyclic) bond motifs is 1. The van der Waals surface area contributed by atoms with Crippen molar-refractivity contribution >= 4 is 37.6 Å². The molecule has 0 amide bonds. The number of halogens is 2. The first-order chi connectivity index (χ1) is 27.6. The highest BCUT2D eigenvalue weighted by molar-refractivity contribution is 7.91. The summed E-state index contributed by atoms with van der Waals surface area (Å²) >= 11 is -1.33. The highest BCUT2D eigenvalue weighted by Crippen LogP contribution is 2.40. The number of benzene rings is 2. The number of ether oxygens (including phenoxy) is 1. The van der Waals surface area contributed by atoms with Crippen LogP contribution in [-0.4, -0.2) is 117 Å². The molecule has 3 fully saturated rings. The van der Waals surface area contributed by atoms with Gasteiger partial charge in [-0.25, -0.2) is 12.8 Å². The Kier molecular flexibility index (Phi) is 16.3. The van der Waals surface area contributed by atoms with E-state index in [0.29, 0.717) is 53.1 Å². The van der Waals surface area contributed by atoms with Crippen LogP contribution in [-0.2, 0) is 21.0 Å². The molecule has 316 valence electrons. The maximum absolute atomic E-state index is 15.8. The third-order valence-corrected chi connectivity index (χ3v) is 15.3. The predicted molar refractivity (Wildman–Crippen MR) is 227 cm³/mol. The van der Waals surface area contributed by atoms with Crippen molar-refractivity contribution in [1.82, 2.24) is 19.7 Å². The highest BCUT2D eigenvalue weighted by atomic mass is 32.2. The first-order valence-electron chi connectivity index (χ1n) is 21.7. The lowest BCUT2D eigenvalue weighted by Crippen LogP contribution is -2.55. The summed E-state index contributed by atoms with van der Waals surface area (Å²) in [4.78, 5) is 13.9. The van der Waals surface area contributed by atoms with Gasteiger partial charge >= 0.3 is 0 Å². The van der Waals surface area contributed by atoms with Gasteiger partial charge in [-0.2, -0.15) is 4.39 Å². The number of piperidine rings is 2. The smallest absolute Gasteiger partial charge is 0.213 e. The van der Waals surface area contributed by atoms with Crippen molar-refractivity contribution in [3.05, 3.63) is 48.2 Å². The van der Waals surface area contributed by atoms with Gasteiger partial charge in [-0.05, 0) is 87.2 Å². The molecule has 0 bridgehead atoms. The van der Waals surface area contributed by atoms with Gasteiger partial charge in [0.15, 0.2) is 16.5 Å². The summed E-state index contributed by atoms with van der Waals surface area (Å²) in [5.74, 6) is -3.06. The van der Waals surface area contributed by atoms with Crippen LogP contribution in [0, 0.1) is 11.6 Å². The molecule has 0 N–H and O–H groups in total. The number of hydrogen-bond acceptors (Lipinski definition) is 9. The molecule has 9 nitrogen and oxygen atoms in total. The minimum absolute atomic E-state index is 0.186. The molecule has 6 rings (SSSR count). The molecule has 3 aromatic rings. The summed E-state index contributed by atoms with van der Waals surface area (Å²) < 4.78 is 78.4. The van der Waals surface area contributed by atoms with Crippen LogP contribution in [0.1, 0.15) is 104 Å². The Morgan fingerprint density at radius 1 is 0.754 bits per heavy atom. The number of likely N-dealkylation sites (N-methyl/N-ethyl adjacent to an activating group) is 1. The average molecular weight is 830 g/mol. The molecule has 57 heavy (non-hydrogen) atoms. The van der Waals surface area contributed by atoms with Gasteiger partial charge in [-0.1, -0.05) is 71.6 Å². The highest BCUT2D eigenvalue weighted by Gasteiger charge is 2.35. The maximum atomic E-state index is 15.8. The lowest BCUT2D eigenvalue weighted by Gasteiger charge is -2.46. The number of nitrogens with zero attached hydrogens (tertiary/aromatic N) is 5. The number of piperazine rings is 1. The Morgan fingerprint density at radius 3 is 1.96 bits per heavy atom. The van der Waals surface area contributed by atoms with E-state index in [-0.39, 0.29) is 17.3 Å². The standard InChI is InChI=1S/C44H65F2N5O4S2/c1-4-6-7-8-9-10-11-12-13-14-31-55-39-17-18-40(43(46)42(39)45)57(53,54)41-33-47-38-16-15-36(56(3)52)32-37(38)44(41)51-25-21-34(22-26-51)49-23-19-35(20-24-49)50-29-27-48(5-2)28-30-50/h15-18,32-35H,4-14,19-31H2,1-3H3/t56-/m1/s1. The quantitative estimate of drug-likeness (QED) is 0.0873. The fourth-order valence-corrected chi connectivity index (χ4v) is 11.1. The summed E-state index contributed by atoms with van der Waals surface area (Å²) in [6, 6.07) is 8.53. The summed E-state index contributed by atoms with van der Waals surface area (Å²) in [5.41, 5.74) is 0.946. The van der Waals surface area contributed by atoms with Gasteiger partial charge in [-0.15, -0.1) is 0 Å². The largest absolute Gasteiger partial charge is 0.612 e. The fourth-order valence-electron chi connectivity index (χ4n) is 9.08. The van der Waals surface area contributed by atoms with E-state index in [9.17, 15) is 13.0 Å². The number of likely N-dealkylation sites (tertiary alicyclic amines) is 1. The van der Waals surface area contributed by atoms with Crippen LogP contribution in [0.3, 0.4) is 0 Å². The Bertz CT molecular complexity index is 1840. The second-order valence-electron chi connectivity index (χ2n) is 16.3. The molecule has 1 aromatic heterocycles. The molecule has 0 saturated carbocycles.